The van der Waals surface area contributed by atoms with Crippen LogP contribution < -0.4 is 9.64 Å². The second-order valence-corrected chi connectivity index (χ2v) is 5.75. The number of ether oxygens (including phenoxy) is 1. The van der Waals surface area contributed by atoms with Crippen molar-refractivity contribution in [2.75, 3.05) is 19.1 Å². The molecule has 2 unspecified atom stereocenters. The fraction of sp³-hybridized carbons (Fsp3) is 0.471. The average Bonchev–Trinajstić information content (AvgIpc) is 2.53. The quantitative estimate of drug-likeness (QED) is 0.942. The Morgan fingerprint density at radius 1 is 1.24 bits per heavy atom. The summed E-state index contributed by atoms with van der Waals surface area (Å²) in [6, 6.07) is 8.16. The highest BCUT2D eigenvalue weighted by Gasteiger charge is 2.28. The first kappa shape index (κ1) is 14.1. The molecule has 1 aromatic heterocycles. The lowest BCUT2D eigenvalue weighted by Crippen LogP contribution is -2.43. The molecule has 21 heavy (non-hydrogen) atoms. The normalized spacial score (nSPS) is 22.2. The van der Waals surface area contributed by atoms with Crippen LogP contribution in [-0.2, 0) is 0 Å². The third kappa shape index (κ3) is 2.68. The van der Waals surface area contributed by atoms with Gasteiger partial charge in [-0.3, -0.25) is 0 Å². The molecule has 1 N–H and O–H groups in total. The summed E-state index contributed by atoms with van der Waals surface area (Å²) in [5, 5.41) is 12.5. The maximum Gasteiger partial charge on any atom is 0.136 e. The van der Waals surface area contributed by atoms with Crippen molar-refractivity contribution in [1.82, 2.24) is 4.98 Å². The van der Waals surface area contributed by atoms with E-state index >= 15 is 0 Å². The molecule has 1 fully saturated rings. The van der Waals surface area contributed by atoms with E-state index in [-0.39, 0.29) is 12.1 Å². The number of aliphatic hydroxyl groups excluding tert-OH is 1. The SMILES string of the molecule is COc1ccc2c(N(C)C3CCCCC3O)nccc2c1. The zero-order valence-electron chi connectivity index (χ0n) is 12.6. The van der Waals surface area contributed by atoms with Crippen molar-refractivity contribution in [3.63, 3.8) is 0 Å². The Kier molecular flexibility index (Phi) is 3.97. The number of rotatable bonds is 3. The molecule has 2 aromatic rings. The van der Waals surface area contributed by atoms with Crippen LogP contribution in [0.1, 0.15) is 25.7 Å². The molecule has 4 heteroatoms. The number of aliphatic hydroxyl groups is 1. The minimum Gasteiger partial charge on any atom is -0.497 e. The summed E-state index contributed by atoms with van der Waals surface area (Å²) >= 11 is 0. The van der Waals surface area contributed by atoms with Gasteiger partial charge in [0, 0.05) is 18.6 Å². The highest BCUT2D eigenvalue weighted by Crippen LogP contribution is 2.31. The van der Waals surface area contributed by atoms with Gasteiger partial charge in [-0.05, 0) is 42.5 Å². The zero-order valence-corrected chi connectivity index (χ0v) is 12.6. The molecule has 0 bridgehead atoms. The van der Waals surface area contributed by atoms with Crippen LogP contribution in [0.4, 0.5) is 5.82 Å². The van der Waals surface area contributed by atoms with Crippen molar-refractivity contribution < 1.29 is 9.84 Å². The van der Waals surface area contributed by atoms with Crippen molar-refractivity contribution in [3.05, 3.63) is 30.5 Å². The lowest BCUT2D eigenvalue weighted by atomic mass is 9.91. The molecule has 112 valence electrons. The zero-order chi connectivity index (χ0) is 14.8. The van der Waals surface area contributed by atoms with E-state index in [1.54, 1.807) is 7.11 Å². The minimum atomic E-state index is -0.265. The average molecular weight is 286 g/mol. The summed E-state index contributed by atoms with van der Waals surface area (Å²) < 4.78 is 5.28. The Morgan fingerprint density at radius 3 is 2.81 bits per heavy atom. The van der Waals surface area contributed by atoms with Gasteiger partial charge in [-0.1, -0.05) is 12.8 Å². The molecule has 1 aromatic carbocycles. The number of fused-ring (bicyclic) bond motifs is 1. The summed E-state index contributed by atoms with van der Waals surface area (Å²) in [5.74, 6) is 1.78. The van der Waals surface area contributed by atoms with Crippen molar-refractivity contribution >= 4 is 16.6 Å². The monoisotopic (exact) mass is 286 g/mol. The summed E-state index contributed by atoms with van der Waals surface area (Å²) in [6.07, 6.45) is 5.75. The highest BCUT2D eigenvalue weighted by molar-refractivity contribution is 5.93. The molecule has 0 saturated heterocycles. The van der Waals surface area contributed by atoms with E-state index in [4.69, 9.17) is 4.74 Å². The first-order valence-electron chi connectivity index (χ1n) is 7.54. The number of likely N-dealkylation sites (N-methyl/N-ethyl adjacent to an activating group) is 1. The number of hydrogen-bond donors (Lipinski definition) is 1. The molecular formula is C17H22N2O2. The maximum absolute atomic E-state index is 10.3. The Hall–Kier alpha value is -1.81. The first-order chi connectivity index (χ1) is 10.2. The van der Waals surface area contributed by atoms with E-state index in [2.05, 4.69) is 9.88 Å². The van der Waals surface area contributed by atoms with Crippen LogP contribution in [0.3, 0.4) is 0 Å². The lowest BCUT2D eigenvalue weighted by Gasteiger charge is -2.36. The maximum atomic E-state index is 10.3. The van der Waals surface area contributed by atoms with Crippen molar-refractivity contribution in [3.8, 4) is 5.75 Å². The van der Waals surface area contributed by atoms with Gasteiger partial charge in [-0.2, -0.15) is 0 Å². The molecule has 1 aliphatic carbocycles. The van der Waals surface area contributed by atoms with Crippen molar-refractivity contribution in [2.24, 2.45) is 0 Å². The Balaban J connectivity index is 1.99. The van der Waals surface area contributed by atoms with Crippen LogP contribution in [-0.4, -0.2) is 36.4 Å². The van der Waals surface area contributed by atoms with Crippen LogP contribution >= 0.6 is 0 Å². The van der Waals surface area contributed by atoms with E-state index in [9.17, 15) is 5.11 Å². The van der Waals surface area contributed by atoms with Gasteiger partial charge in [0.2, 0.25) is 0 Å². The third-order valence-electron chi connectivity index (χ3n) is 4.48. The molecule has 0 spiro atoms. The van der Waals surface area contributed by atoms with Gasteiger partial charge in [0.25, 0.3) is 0 Å². The topological polar surface area (TPSA) is 45.6 Å². The smallest absolute Gasteiger partial charge is 0.136 e. The second-order valence-electron chi connectivity index (χ2n) is 5.75. The number of aromatic nitrogens is 1. The summed E-state index contributed by atoms with van der Waals surface area (Å²) in [4.78, 5) is 6.68. The second kappa shape index (κ2) is 5.90. The molecule has 0 radical (unpaired) electrons. The van der Waals surface area contributed by atoms with Gasteiger partial charge in [-0.15, -0.1) is 0 Å². The van der Waals surface area contributed by atoms with E-state index in [1.165, 1.54) is 6.42 Å². The number of methoxy groups -OCH3 is 1. The molecule has 3 rings (SSSR count). The largest absolute Gasteiger partial charge is 0.497 e. The molecule has 2 atom stereocenters. The summed E-state index contributed by atoms with van der Waals surface area (Å²) in [7, 11) is 3.71. The van der Waals surface area contributed by atoms with Gasteiger partial charge < -0.3 is 14.7 Å². The van der Waals surface area contributed by atoms with Crippen LogP contribution in [0, 0.1) is 0 Å². The van der Waals surface area contributed by atoms with E-state index in [0.717, 1.165) is 41.6 Å². The Morgan fingerprint density at radius 2 is 2.05 bits per heavy atom. The van der Waals surface area contributed by atoms with E-state index in [0.29, 0.717) is 0 Å². The predicted molar refractivity (Wildman–Crippen MR) is 85.0 cm³/mol. The Labute approximate surface area is 125 Å². The number of hydrogen-bond acceptors (Lipinski definition) is 4. The van der Waals surface area contributed by atoms with Gasteiger partial charge in [-0.25, -0.2) is 4.98 Å². The molecular weight excluding hydrogens is 264 g/mol. The predicted octanol–water partition coefficient (Wildman–Crippen LogP) is 2.98. The van der Waals surface area contributed by atoms with E-state index < -0.39 is 0 Å². The first-order valence-corrected chi connectivity index (χ1v) is 7.54. The molecule has 0 amide bonds. The minimum absolute atomic E-state index is 0.152. The summed E-state index contributed by atoms with van der Waals surface area (Å²) in [6.45, 7) is 0. The molecule has 4 nitrogen and oxygen atoms in total. The lowest BCUT2D eigenvalue weighted by molar-refractivity contribution is 0.106. The van der Waals surface area contributed by atoms with Crippen LogP contribution in [0.5, 0.6) is 5.75 Å². The number of benzene rings is 1. The number of nitrogens with zero attached hydrogens (tertiary/aromatic N) is 2. The van der Waals surface area contributed by atoms with Gasteiger partial charge in [0.05, 0.1) is 19.3 Å². The van der Waals surface area contributed by atoms with Crippen molar-refractivity contribution in [2.45, 2.75) is 37.8 Å². The van der Waals surface area contributed by atoms with Crippen molar-refractivity contribution in [1.29, 1.82) is 0 Å². The van der Waals surface area contributed by atoms with E-state index in [1.807, 2.05) is 37.5 Å². The van der Waals surface area contributed by atoms with Gasteiger partial charge >= 0.3 is 0 Å². The molecule has 1 aliphatic rings. The molecule has 0 aliphatic heterocycles. The van der Waals surface area contributed by atoms with Crippen LogP contribution in [0.2, 0.25) is 0 Å². The van der Waals surface area contributed by atoms with Crippen LogP contribution in [0.25, 0.3) is 10.8 Å². The Bertz CT molecular complexity index is 629. The number of pyridine rings is 1. The third-order valence-corrected chi connectivity index (χ3v) is 4.48. The standard InChI is InChI=1S/C17H22N2O2/c1-19(15-5-3-4-6-16(15)20)17-14-8-7-13(21-2)11-12(14)9-10-18-17/h7-11,15-16,20H,3-6H2,1-2H3. The fourth-order valence-corrected chi connectivity index (χ4v) is 3.25. The van der Waals surface area contributed by atoms with Gasteiger partial charge in [0.1, 0.15) is 11.6 Å². The molecule has 1 heterocycles. The fourth-order valence-electron chi connectivity index (χ4n) is 3.25. The number of anilines is 1. The van der Waals surface area contributed by atoms with Crippen LogP contribution in [0.15, 0.2) is 30.5 Å². The summed E-state index contributed by atoms with van der Waals surface area (Å²) in [5.41, 5.74) is 0. The highest BCUT2D eigenvalue weighted by atomic mass is 16.5. The van der Waals surface area contributed by atoms with Gasteiger partial charge in [0.15, 0.2) is 0 Å². The molecule has 1 saturated carbocycles.